The fourth-order valence-corrected chi connectivity index (χ4v) is 2.69. The number of halogens is 1. The second-order valence-electron chi connectivity index (χ2n) is 3.72. The van der Waals surface area contributed by atoms with E-state index in [1.807, 2.05) is 18.2 Å². The molecule has 1 aromatic heterocycles. The smallest absolute Gasteiger partial charge is 0.101 e. The van der Waals surface area contributed by atoms with Crippen molar-refractivity contribution in [2.75, 3.05) is 5.32 Å². The van der Waals surface area contributed by atoms with E-state index in [9.17, 15) is 0 Å². The summed E-state index contributed by atoms with van der Waals surface area (Å²) in [6, 6.07) is 10.2. The van der Waals surface area contributed by atoms with E-state index in [0.717, 1.165) is 10.2 Å². The second kappa shape index (κ2) is 5.35. The van der Waals surface area contributed by atoms with E-state index in [-0.39, 0.29) is 6.04 Å². The molecule has 2 aromatic rings. The van der Waals surface area contributed by atoms with Crippen molar-refractivity contribution in [1.29, 1.82) is 5.26 Å². The van der Waals surface area contributed by atoms with Crippen molar-refractivity contribution in [3.8, 4) is 6.07 Å². The summed E-state index contributed by atoms with van der Waals surface area (Å²) < 4.78 is 0.919. The molecule has 2 rings (SSSR count). The summed E-state index contributed by atoms with van der Waals surface area (Å²) in [4.78, 5) is 0. The van der Waals surface area contributed by atoms with Crippen molar-refractivity contribution in [2.45, 2.75) is 13.0 Å². The summed E-state index contributed by atoms with van der Waals surface area (Å²) in [6.45, 7) is 2.09. The maximum atomic E-state index is 9.08. The molecule has 0 saturated heterocycles. The Balaban J connectivity index is 2.22. The zero-order chi connectivity index (χ0) is 12.3. The van der Waals surface area contributed by atoms with Gasteiger partial charge in [-0.1, -0.05) is 15.9 Å². The van der Waals surface area contributed by atoms with Crippen LogP contribution >= 0.6 is 27.3 Å². The number of hydrogen-bond donors (Lipinski definition) is 1. The molecule has 0 spiro atoms. The lowest BCUT2D eigenvalue weighted by atomic mass is 10.1. The van der Waals surface area contributed by atoms with E-state index < -0.39 is 0 Å². The van der Waals surface area contributed by atoms with E-state index in [0.29, 0.717) is 5.56 Å². The van der Waals surface area contributed by atoms with Gasteiger partial charge in [-0.3, -0.25) is 0 Å². The van der Waals surface area contributed by atoms with E-state index in [4.69, 9.17) is 5.26 Å². The second-order valence-corrected chi connectivity index (χ2v) is 5.42. The Kier molecular flexibility index (Phi) is 3.82. The number of hydrogen-bond acceptors (Lipinski definition) is 3. The molecular formula is C13H11BrN2S. The SMILES string of the molecule is CC(Nc1ccc(Br)cc1C#N)c1ccsc1. The molecular weight excluding hydrogens is 296 g/mol. The topological polar surface area (TPSA) is 35.8 Å². The van der Waals surface area contributed by atoms with Gasteiger partial charge in [0.1, 0.15) is 6.07 Å². The Morgan fingerprint density at radius 3 is 2.88 bits per heavy atom. The lowest BCUT2D eigenvalue weighted by molar-refractivity contribution is 0.889. The van der Waals surface area contributed by atoms with Crippen LogP contribution in [0.1, 0.15) is 24.1 Å². The van der Waals surface area contributed by atoms with Crippen LogP contribution in [0.2, 0.25) is 0 Å². The van der Waals surface area contributed by atoms with Crippen LogP contribution < -0.4 is 5.32 Å². The summed E-state index contributed by atoms with van der Waals surface area (Å²) in [5, 5.41) is 16.6. The number of benzene rings is 1. The highest BCUT2D eigenvalue weighted by atomic mass is 79.9. The summed E-state index contributed by atoms with van der Waals surface area (Å²) in [5.74, 6) is 0. The van der Waals surface area contributed by atoms with Gasteiger partial charge in [0.15, 0.2) is 0 Å². The monoisotopic (exact) mass is 306 g/mol. The van der Waals surface area contributed by atoms with Crippen LogP contribution in [-0.4, -0.2) is 0 Å². The lowest BCUT2D eigenvalue weighted by Gasteiger charge is -2.15. The first-order chi connectivity index (χ1) is 8.20. The predicted molar refractivity (Wildman–Crippen MR) is 75.2 cm³/mol. The third kappa shape index (κ3) is 2.87. The molecule has 2 nitrogen and oxygen atoms in total. The van der Waals surface area contributed by atoms with Crippen LogP contribution in [0.4, 0.5) is 5.69 Å². The summed E-state index contributed by atoms with van der Waals surface area (Å²) in [7, 11) is 0. The van der Waals surface area contributed by atoms with Crippen LogP contribution in [-0.2, 0) is 0 Å². The van der Waals surface area contributed by atoms with Crippen LogP contribution in [0.15, 0.2) is 39.5 Å². The van der Waals surface area contributed by atoms with Crippen LogP contribution in [0.3, 0.4) is 0 Å². The van der Waals surface area contributed by atoms with Crippen molar-refractivity contribution in [3.63, 3.8) is 0 Å². The van der Waals surface area contributed by atoms with Crippen molar-refractivity contribution >= 4 is 33.0 Å². The van der Waals surface area contributed by atoms with Gasteiger partial charge in [-0.15, -0.1) is 0 Å². The molecule has 1 atom stereocenters. The molecule has 0 aliphatic heterocycles. The molecule has 0 saturated carbocycles. The fraction of sp³-hybridized carbons (Fsp3) is 0.154. The number of nitrogens with one attached hydrogen (secondary N) is 1. The predicted octanol–water partition coefficient (Wildman–Crippen LogP) is 4.56. The van der Waals surface area contributed by atoms with Crippen molar-refractivity contribution in [3.05, 3.63) is 50.6 Å². The first-order valence-electron chi connectivity index (χ1n) is 5.19. The Morgan fingerprint density at radius 2 is 2.24 bits per heavy atom. The van der Waals surface area contributed by atoms with Gasteiger partial charge in [0.2, 0.25) is 0 Å². The molecule has 1 heterocycles. The van der Waals surface area contributed by atoms with Crippen LogP contribution in [0.25, 0.3) is 0 Å². The van der Waals surface area contributed by atoms with Gasteiger partial charge in [0.25, 0.3) is 0 Å². The Bertz CT molecular complexity index is 543. The average molecular weight is 307 g/mol. The third-order valence-corrected chi connectivity index (χ3v) is 3.71. The highest BCUT2D eigenvalue weighted by Crippen LogP contribution is 2.25. The van der Waals surface area contributed by atoms with Gasteiger partial charge in [-0.05, 0) is 47.5 Å². The molecule has 0 radical (unpaired) electrons. The normalized spacial score (nSPS) is 11.8. The number of anilines is 1. The molecule has 4 heteroatoms. The van der Waals surface area contributed by atoms with Crippen molar-refractivity contribution < 1.29 is 0 Å². The van der Waals surface area contributed by atoms with Gasteiger partial charge in [0.05, 0.1) is 11.3 Å². The third-order valence-electron chi connectivity index (χ3n) is 2.52. The Morgan fingerprint density at radius 1 is 1.41 bits per heavy atom. The fourth-order valence-electron chi connectivity index (χ4n) is 1.57. The van der Waals surface area contributed by atoms with E-state index >= 15 is 0 Å². The maximum Gasteiger partial charge on any atom is 0.101 e. The van der Waals surface area contributed by atoms with Gasteiger partial charge in [0, 0.05) is 10.5 Å². The first kappa shape index (κ1) is 12.2. The lowest BCUT2D eigenvalue weighted by Crippen LogP contribution is -2.06. The van der Waals surface area contributed by atoms with Crippen LogP contribution in [0.5, 0.6) is 0 Å². The molecule has 0 aliphatic rings. The minimum atomic E-state index is 0.203. The molecule has 0 amide bonds. The molecule has 0 bridgehead atoms. The van der Waals surface area contributed by atoms with Crippen molar-refractivity contribution in [2.24, 2.45) is 0 Å². The number of thiophene rings is 1. The number of nitrogens with zero attached hydrogens (tertiary/aromatic N) is 1. The standard InChI is InChI=1S/C13H11BrN2S/c1-9(10-4-5-17-8-10)16-13-3-2-12(14)6-11(13)7-15/h2-6,8-9,16H,1H3. The molecule has 1 unspecified atom stereocenters. The molecule has 0 fully saturated rings. The Labute approximate surface area is 113 Å². The largest absolute Gasteiger partial charge is 0.377 e. The summed E-state index contributed by atoms with van der Waals surface area (Å²) in [5.41, 5.74) is 2.76. The Hall–Kier alpha value is -1.31. The molecule has 17 heavy (non-hydrogen) atoms. The molecule has 1 aromatic carbocycles. The molecule has 0 aliphatic carbocycles. The van der Waals surface area contributed by atoms with Gasteiger partial charge in [-0.2, -0.15) is 16.6 Å². The molecule has 86 valence electrons. The van der Waals surface area contributed by atoms with Crippen LogP contribution in [0, 0.1) is 11.3 Å². The highest BCUT2D eigenvalue weighted by Gasteiger charge is 2.08. The molecule has 1 N–H and O–H groups in total. The number of nitriles is 1. The van der Waals surface area contributed by atoms with E-state index in [1.54, 1.807) is 11.3 Å². The summed E-state index contributed by atoms with van der Waals surface area (Å²) in [6.07, 6.45) is 0. The van der Waals surface area contributed by atoms with Crippen molar-refractivity contribution in [1.82, 2.24) is 0 Å². The quantitative estimate of drug-likeness (QED) is 0.902. The number of rotatable bonds is 3. The zero-order valence-corrected chi connectivity index (χ0v) is 11.7. The van der Waals surface area contributed by atoms with Gasteiger partial charge in [-0.25, -0.2) is 0 Å². The highest BCUT2D eigenvalue weighted by molar-refractivity contribution is 9.10. The van der Waals surface area contributed by atoms with E-state index in [2.05, 4.69) is 51.1 Å². The first-order valence-corrected chi connectivity index (χ1v) is 6.92. The summed E-state index contributed by atoms with van der Waals surface area (Å²) >= 11 is 5.04. The average Bonchev–Trinajstić information content (AvgIpc) is 2.85. The van der Waals surface area contributed by atoms with E-state index in [1.165, 1.54) is 5.56 Å². The van der Waals surface area contributed by atoms with Gasteiger partial charge >= 0.3 is 0 Å². The zero-order valence-electron chi connectivity index (χ0n) is 9.27. The maximum absolute atomic E-state index is 9.08. The minimum absolute atomic E-state index is 0.203. The van der Waals surface area contributed by atoms with Gasteiger partial charge < -0.3 is 5.32 Å². The minimum Gasteiger partial charge on any atom is -0.377 e.